The summed E-state index contributed by atoms with van der Waals surface area (Å²) in [6, 6.07) is 11.5. The Hall–Kier alpha value is -2.80. The fourth-order valence-corrected chi connectivity index (χ4v) is 3.04. The van der Waals surface area contributed by atoms with Gasteiger partial charge in [0.05, 0.1) is 29.3 Å². The first-order valence-corrected chi connectivity index (χ1v) is 8.70. The Morgan fingerprint density at radius 2 is 2.20 bits per heavy atom. The minimum absolute atomic E-state index is 0.181. The van der Waals surface area contributed by atoms with Gasteiger partial charge in [-0.2, -0.15) is 5.10 Å². The van der Waals surface area contributed by atoms with Crippen LogP contribution in [0.25, 0.3) is 17.1 Å². The number of hydrogen-bond acceptors (Lipinski definition) is 5. The van der Waals surface area contributed by atoms with Crippen molar-refractivity contribution in [1.29, 1.82) is 0 Å². The van der Waals surface area contributed by atoms with E-state index in [0.717, 1.165) is 27.5 Å². The lowest BCUT2D eigenvalue weighted by molar-refractivity contribution is -0.118. The molecule has 0 radical (unpaired) electrons. The largest absolute Gasteiger partial charge is 0.465 e. The van der Waals surface area contributed by atoms with E-state index in [0.29, 0.717) is 0 Å². The van der Waals surface area contributed by atoms with Gasteiger partial charge >= 0.3 is 0 Å². The van der Waals surface area contributed by atoms with Crippen LogP contribution in [0.2, 0.25) is 0 Å². The molecule has 0 saturated heterocycles. The Labute approximate surface area is 149 Å². The number of aryl methyl sites for hydroxylation is 1. The zero-order chi connectivity index (χ0) is 17.6. The Morgan fingerprint density at radius 1 is 1.36 bits per heavy atom. The third kappa shape index (κ3) is 4.39. The second-order valence-corrected chi connectivity index (χ2v) is 6.37. The molecule has 25 heavy (non-hydrogen) atoms. The zero-order valence-corrected chi connectivity index (χ0v) is 14.8. The Kier molecular flexibility index (Phi) is 5.35. The first kappa shape index (κ1) is 17.0. The van der Waals surface area contributed by atoms with Crippen molar-refractivity contribution in [3.8, 4) is 0 Å². The van der Waals surface area contributed by atoms with Crippen LogP contribution in [-0.2, 0) is 11.8 Å². The molecule has 0 unspecified atom stereocenters. The maximum atomic E-state index is 11.9. The average molecular weight is 354 g/mol. The fraction of sp³-hybridized carbons (Fsp3) is 0.167. The molecule has 2 heterocycles. The number of hydrazone groups is 1. The number of nitrogens with zero attached hydrogens (tertiary/aromatic N) is 3. The van der Waals surface area contributed by atoms with E-state index in [1.54, 1.807) is 12.5 Å². The standard InChI is InChI=1S/C18H18N4O2S/c1-13(10-14-6-5-9-24-14)11-19-21-17(23)12-25-18-20-15-7-3-4-8-16(15)22(18)2/h3-11H,12H2,1-2H3,(H,21,23)/b13-10+,19-11-. The lowest BCUT2D eigenvalue weighted by Crippen LogP contribution is -2.19. The number of allylic oxidation sites excluding steroid dienone is 1. The van der Waals surface area contributed by atoms with Crippen LogP contribution < -0.4 is 5.43 Å². The molecule has 0 saturated carbocycles. The minimum Gasteiger partial charge on any atom is -0.465 e. The van der Waals surface area contributed by atoms with Crippen LogP contribution in [0.3, 0.4) is 0 Å². The first-order chi connectivity index (χ1) is 12.1. The molecule has 3 aromatic rings. The second-order valence-electron chi connectivity index (χ2n) is 5.43. The van der Waals surface area contributed by atoms with Gasteiger partial charge in [-0.3, -0.25) is 4.79 Å². The van der Waals surface area contributed by atoms with Crippen molar-refractivity contribution in [2.45, 2.75) is 12.1 Å². The lowest BCUT2D eigenvalue weighted by Gasteiger charge is -2.01. The van der Waals surface area contributed by atoms with E-state index in [-0.39, 0.29) is 11.7 Å². The summed E-state index contributed by atoms with van der Waals surface area (Å²) in [7, 11) is 1.94. The Bertz CT molecular complexity index is 926. The van der Waals surface area contributed by atoms with Crippen LogP contribution in [0.5, 0.6) is 0 Å². The van der Waals surface area contributed by atoms with Crippen LogP contribution in [0, 0.1) is 0 Å². The summed E-state index contributed by atoms with van der Waals surface area (Å²) in [5, 5.41) is 4.75. The molecule has 0 atom stereocenters. The first-order valence-electron chi connectivity index (χ1n) is 7.71. The number of carbonyl (C=O) groups is 1. The number of nitrogens with one attached hydrogen (secondary N) is 1. The van der Waals surface area contributed by atoms with E-state index in [1.807, 2.05) is 61.0 Å². The normalized spacial score (nSPS) is 12.2. The number of benzene rings is 1. The van der Waals surface area contributed by atoms with E-state index in [4.69, 9.17) is 4.42 Å². The van der Waals surface area contributed by atoms with Crippen LogP contribution in [0.4, 0.5) is 0 Å². The highest BCUT2D eigenvalue weighted by Crippen LogP contribution is 2.22. The van der Waals surface area contributed by atoms with Crippen molar-refractivity contribution in [3.05, 3.63) is 54.0 Å². The van der Waals surface area contributed by atoms with Gasteiger partial charge in [0.15, 0.2) is 5.16 Å². The number of fused-ring (bicyclic) bond motifs is 1. The molecule has 128 valence electrons. The van der Waals surface area contributed by atoms with Crippen molar-refractivity contribution >= 4 is 41.0 Å². The summed E-state index contributed by atoms with van der Waals surface area (Å²) in [5.74, 6) is 0.807. The molecule has 6 nitrogen and oxygen atoms in total. The summed E-state index contributed by atoms with van der Waals surface area (Å²) in [6.45, 7) is 1.88. The fourth-order valence-electron chi connectivity index (χ4n) is 2.26. The molecule has 1 N–H and O–H groups in total. The quantitative estimate of drug-likeness (QED) is 0.418. The summed E-state index contributed by atoms with van der Waals surface area (Å²) < 4.78 is 7.20. The number of furan rings is 1. The van der Waals surface area contributed by atoms with Crippen molar-refractivity contribution in [2.75, 3.05) is 5.75 Å². The van der Waals surface area contributed by atoms with Crippen molar-refractivity contribution in [2.24, 2.45) is 12.1 Å². The zero-order valence-electron chi connectivity index (χ0n) is 14.0. The Balaban J connectivity index is 1.52. The molecule has 7 heteroatoms. The number of imidazole rings is 1. The molecule has 0 aliphatic heterocycles. The molecule has 0 spiro atoms. The summed E-state index contributed by atoms with van der Waals surface area (Å²) >= 11 is 1.38. The van der Waals surface area contributed by atoms with E-state index in [1.165, 1.54) is 11.8 Å². The molecule has 3 rings (SSSR count). The highest BCUT2D eigenvalue weighted by atomic mass is 32.2. The van der Waals surface area contributed by atoms with Crippen LogP contribution in [-0.4, -0.2) is 27.4 Å². The number of amides is 1. The van der Waals surface area contributed by atoms with Gasteiger partial charge in [-0.25, -0.2) is 10.4 Å². The van der Waals surface area contributed by atoms with Crippen LogP contribution in [0.1, 0.15) is 12.7 Å². The molecule has 0 fully saturated rings. The molecule has 1 aromatic carbocycles. The van der Waals surface area contributed by atoms with Gasteiger partial charge in [0.2, 0.25) is 0 Å². The van der Waals surface area contributed by atoms with Gasteiger partial charge in [-0.1, -0.05) is 23.9 Å². The van der Waals surface area contributed by atoms with E-state index < -0.39 is 0 Å². The lowest BCUT2D eigenvalue weighted by atomic mass is 10.3. The number of aromatic nitrogens is 2. The highest BCUT2D eigenvalue weighted by Gasteiger charge is 2.09. The van der Waals surface area contributed by atoms with Crippen molar-refractivity contribution < 1.29 is 9.21 Å². The van der Waals surface area contributed by atoms with E-state index in [9.17, 15) is 4.79 Å². The van der Waals surface area contributed by atoms with Crippen molar-refractivity contribution in [1.82, 2.24) is 15.0 Å². The third-order valence-electron chi connectivity index (χ3n) is 3.45. The molecule has 0 aliphatic rings. The maximum Gasteiger partial charge on any atom is 0.250 e. The van der Waals surface area contributed by atoms with Gasteiger partial charge in [0.1, 0.15) is 5.76 Å². The molecule has 0 bridgehead atoms. The topological polar surface area (TPSA) is 72.4 Å². The second kappa shape index (κ2) is 7.85. The molecule has 1 amide bonds. The van der Waals surface area contributed by atoms with Gasteiger partial charge in [0.25, 0.3) is 5.91 Å². The predicted octanol–water partition coefficient (Wildman–Crippen LogP) is 3.46. The monoisotopic (exact) mass is 354 g/mol. The number of hydrogen-bond donors (Lipinski definition) is 1. The third-order valence-corrected chi connectivity index (χ3v) is 4.48. The van der Waals surface area contributed by atoms with Gasteiger partial charge in [-0.15, -0.1) is 0 Å². The molecule has 2 aromatic heterocycles. The average Bonchev–Trinajstić information content (AvgIpc) is 3.21. The Morgan fingerprint density at radius 3 is 2.96 bits per heavy atom. The number of para-hydroxylation sites is 2. The molecular weight excluding hydrogens is 336 g/mol. The smallest absolute Gasteiger partial charge is 0.250 e. The summed E-state index contributed by atoms with van der Waals surface area (Å²) in [4.78, 5) is 16.4. The molecule has 0 aliphatic carbocycles. The van der Waals surface area contributed by atoms with E-state index >= 15 is 0 Å². The highest BCUT2D eigenvalue weighted by molar-refractivity contribution is 7.99. The van der Waals surface area contributed by atoms with Gasteiger partial charge in [-0.05, 0) is 42.8 Å². The van der Waals surface area contributed by atoms with Crippen molar-refractivity contribution in [3.63, 3.8) is 0 Å². The minimum atomic E-state index is -0.181. The van der Waals surface area contributed by atoms with Gasteiger partial charge < -0.3 is 8.98 Å². The summed E-state index contributed by atoms with van der Waals surface area (Å²) in [5.41, 5.74) is 5.36. The van der Waals surface area contributed by atoms with Crippen LogP contribution in [0.15, 0.2) is 62.9 Å². The number of thioether (sulfide) groups is 1. The number of rotatable bonds is 6. The van der Waals surface area contributed by atoms with Crippen LogP contribution >= 0.6 is 11.8 Å². The number of carbonyl (C=O) groups excluding carboxylic acids is 1. The predicted molar refractivity (Wildman–Crippen MR) is 100 cm³/mol. The maximum absolute atomic E-state index is 11.9. The molecular formula is C18H18N4O2S. The van der Waals surface area contributed by atoms with Gasteiger partial charge in [0, 0.05) is 7.05 Å². The summed E-state index contributed by atoms with van der Waals surface area (Å²) in [6.07, 6.45) is 5.03. The van der Waals surface area contributed by atoms with E-state index in [2.05, 4.69) is 15.5 Å². The SMILES string of the molecule is CC(/C=N\NC(=O)CSc1nc2ccccc2n1C)=C\c1ccco1.